The summed E-state index contributed by atoms with van der Waals surface area (Å²) in [5, 5.41) is 3.46. The third kappa shape index (κ3) is 4.36. The second-order valence-electron chi connectivity index (χ2n) is 5.87. The molecule has 7 heteroatoms. The van der Waals surface area contributed by atoms with Crippen molar-refractivity contribution in [3.63, 3.8) is 0 Å². The Morgan fingerprint density at radius 3 is 2.84 bits per heavy atom. The number of pyridine rings is 1. The molecule has 132 valence electrons. The van der Waals surface area contributed by atoms with Gasteiger partial charge in [-0.2, -0.15) is 0 Å². The van der Waals surface area contributed by atoms with Crippen LogP contribution in [0, 0.1) is 3.57 Å². The van der Waals surface area contributed by atoms with E-state index in [-0.39, 0.29) is 5.91 Å². The highest BCUT2D eigenvalue weighted by atomic mass is 127. The summed E-state index contributed by atoms with van der Waals surface area (Å²) < 4.78 is 6.14. The molecule has 1 aromatic carbocycles. The first-order chi connectivity index (χ1) is 12.1. The topological polar surface area (TPSA) is 54.5 Å². The maximum absolute atomic E-state index is 12.5. The molecule has 5 nitrogen and oxygen atoms in total. The molecular weight excluding hydrogens is 453 g/mol. The van der Waals surface area contributed by atoms with E-state index in [0.717, 1.165) is 28.0 Å². The molecule has 1 fully saturated rings. The summed E-state index contributed by atoms with van der Waals surface area (Å²) >= 11 is 8.25. The molecule has 1 amide bonds. The summed E-state index contributed by atoms with van der Waals surface area (Å²) in [7, 11) is 1.54. The molecule has 0 atom stereocenters. The summed E-state index contributed by atoms with van der Waals surface area (Å²) in [4.78, 5) is 19.2. The van der Waals surface area contributed by atoms with Crippen LogP contribution in [-0.2, 0) is 6.54 Å². The molecule has 0 saturated carbocycles. The van der Waals surface area contributed by atoms with Crippen LogP contribution in [-0.4, -0.2) is 31.1 Å². The first kappa shape index (κ1) is 18.3. The van der Waals surface area contributed by atoms with Gasteiger partial charge in [-0.15, -0.1) is 0 Å². The van der Waals surface area contributed by atoms with Crippen molar-refractivity contribution in [2.45, 2.75) is 19.4 Å². The summed E-state index contributed by atoms with van der Waals surface area (Å²) in [5.41, 5.74) is 1.45. The molecule has 0 spiro atoms. The number of anilines is 1. The molecule has 2 heterocycles. The fraction of sp³-hybridized carbons (Fsp3) is 0.333. The van der Waals surface area contributed by atoms with Crippen LogP contribution in [0.3, 0.4) is 0 Å². The smallest absolute Gasteiger partial charge is 0.255 e. The quantitative estimate of drug-likeness (QED) is 0.673. The lowest BCUT2D eigenvalue weighted by Gasteiger charge is -2.17. The number of carbonyl (C=O) groups excluding carboxylic acids is 1. The lowest BCUT2D eigenvalue weighted by atomic mass is 10.1. The van der Waals surface area contributed by atoms with Crippen molar-refractivity contribution >= 4 is 45.9 Å². The van der Waals surface area contributed by atoms with Crippen molar-refractivity contribution in [2.75, 3.05) is 25.1 Å². The van der Waals surface area contributed by atoms with Crippen LogP contribution in [0.2, 0.25) is 5.02 Å². The molecule has 1 aliphatic rings. The predicted molar refractivity (Wildman–Crippen MR) is 108 cm³/mol. The minimum Gasteiger partial charge on any atom is -0.496 e. The highest BCUT2D eigenvalue weighted by molar-refractivity contribution is 14.1. The van der Waals surface area contributed by atoms with Gasteiger partial charge in [0.15, 0.2) is 0 Å². The minimum atomic E-state index is -0.213. The Morgan fingerprint density at radius 1 is 1.36 bits per heavy atom. The van der Waals surface area contributed by atoms with Crippen LogP contribution < -0.4 is 15.0 Å². The third-order valence-corrected chi connectivity index (χ3v) is 5.70. The Balaban J connectivity index is 1.70. The molecule has 0 aliphatic carbocycles. The zero-order valence-corrected chi connectivity index (χ0v) is 16.8. The van der Waals surface area contributed by atoms with E-state index in [1.807, 2.05) is 12.1 Å². The molecule has 0 radical (unpaired) electrons. The number of hydrogen-bond donors (Lipinski definition) is 1. The van der Waals surface area contributed by atoms with Gasteiger partial charge in [-0.25, -0.2) is 4.98 Å². The number of nitrogens with zero attached hydrogens (tertiary/aromatic N) is 2. The first-order valence-electron chi connectivity index (χ1n) is 8.09. The number of aromatic nitrogens is 1. The Bertz CT molecular complexity index is 779. The van der Waals surface area contributed by atoms with Gasteiger partial charge in [0.05, 0.1) is 17.7 Å². The van der Waals surface area contributed by atoms with Crippen LogP contribution in [0.1, 0.15) is 28.8 Å². The monoisotopic (exact) mass is 471 g/mol. The Kier molecular flexibility index (Phi) is 6.01. The average molecular weight is 472 g/mol. The van der Waals surface area contributed by atoms with E-state index < -0.39 is 0 Å². The zero-order valence-electron chi connectivity index (χ0n) is 13.9. The fourth-order valence-corrected chi connectivity index (χ4v) is 3.44. The number of carbonyl (C=O) groups is 1. The standard InChI is InChI=1S/C18H19ClIN3O2/c1-25-16-10-15(20)14(19)9-13(16)18(24)22-11-12-4-5-21-17(8-12)23-6-2-3-7-23/h4-5,8-10H,2-3,6-7,11H2,1H3,(H,22,24). The van der Waals surface area contributed by atoms with Crippen molar-refractivity contribution in [2.24, 2.45) is 0 Å². The van der Waals surface area contributed by atoms with Gasteiger partial charge in [0.1, 0.15) is 11.6 Å². The van der Waals surface area contributed by atoms with E-state index in [4.69, 9.17) is 16.3 Å². The predicted octanol–water partition coefficient (Wildman–Crippen LogP) is 3.88. The number of ether oxygens (including phenoxy) is 1. The van der Waals surface area contributed by atoms with Crippen molar-refractivity contribution < 1.29 is 9.53 Å². The average Bonchev–Trinajstić information content (AvgIpc) is 3.16. The summed E-state index contributed by atoms with van der Waals surface area (Å²) in [6.07, 6.45) is 4.20. The van der Waals surface area contributed by atoms with Gasteiger partial charge in [-0.3, -0.25) is 4.79 Å². The number of halogens is 2. The van der Waals surface area contributed by atoms with Crippen LogP contribution in [0.25, 0.3) is 0 Å². The van der Waals surface area contributed by atoms with E-state index in [2.05, 4.69) is 37.8 Å². The highest BCUT2D eigenvalue weighted by Gasteiger charge is 2.16. The van der Waals surface area contributed by atoms with E-state index in [9.17, 15) is 4.79 Å². The SMILES string of the molecule is COc1cc(I)c(Cl)cc1C(=O)NCc1ccnc(N2CCCC2)c1. The molecular formula is C18H19ClIN3O2. The Labute approximate surface area is 165 Å². The number of hydrogen-bond acceptors (Lipinski definition) is 4. The number of amides is 1. The maximum Gasteiger partial charge on any atom is 0.255 e. The zero-order chi connectivity index (χ0) is 17.8. The van der Waals surface area contributed by atoms with Gasteiger partial charge in [-0.1, -0.05) is 11.6 Å². The van der Waals surface area contributed by atoms with Gasteiger partial charge < -0.3 is 15.0 Å². The number of methoxy groups -OCH3 is 1. The van der Waals surface area contributed by atoms with Crippen LogP contribution >= 0.6 is 34.2 Å². The van der Waals surface area contributed by atoms with Gasteiger partial charge in [0.2, 0.25) is 0 Å². The Morgan fingerprint density at radius 2 is 2.12 bits per heavy atom. The Hall–Kier alpha value is -1.54. The summed E-state index contributed by atoms with van der Waals surface area (Å²) in [5.74, 6) is 1.27. The summed E-state index contributed by atoms with van der Waals surface area (Å²) in [6, 6.07) is 7.34. The molecule has 1 aliphatic heterocycles. The summed E-state index contributed by atoms with van der Waals surface area (Å²) in [6.45, 7) is 2.51. The molecule has 0 unspecified atom stereocenters. The van der Waals surface area contributed by atoms with Crippen LogP contribution in [0.15, 0.2) is 30.5 Å². The fourth-order valence-electron chi connectivity index (χ4n) is 2.84. The number of nitrogens with one attached hydrogen (secondary N) is 1. The molecule has 1 saturated heterocycles. The van der Waals surface area contributed by atoms with Crippen LogP contribution in [0.5, 0.6) is 5.75 Å². The highest BCUT2D eigenvalue weighted by Crippen LogP contribution is 2.28. The largest absolute Gasteiger partial charge is 0.496 e. The van der Waals surface area contributed by atoms with E-state index in [1.54, 1.807) is 25.4 Å². The lowest BCUT2D eigenvalue weighted by molar-refractivity contribution is 0.0948. The number of benzene rings is 1. The van der Waals surface area contributed by atoms with Gasteiger partial charge in [0.25, 0.3) is 5.91 Å². The van der Waals surface area contributed by atoms with E-state index in [1.165, 1.54) is 12.8 Å². The van der Waals surface area contributed by atoms with Crippen molar-refractivity contribution in [3.05, 3.63) is 50.2 Å². The van der Waals surface area contributed by atoms with E-state index in [0.29, 0.717) is 22.9 Å². The van der Waals surface area contributed by atoms with Gasteiger partial charge in [-0.05, 0) is 65.3 Å². The second kappa shape index (κ2) is 8.23. The van der Waals surface area contributed by atoms with Crippen LogP contribution in [0.4, 0.5) is 5.82 Å². The van der Waals surface area contributed by atoms with Gasteiger partial charge in [0, 0.05) is 29.4 Å². The van der Waals surface area contributed by atoms with Crippen molar-refractivity contribution in [3.8, 4) is 5.75 Å². The lowest BCUT2D eigenvalue weighted by Crippen LogP contribution is -2.24. The molecule has 0 bridgehead atoms. The van der Waals surface area contributed by atoms with Crippen molar-refractivity contribution in [1.29, 1.82) is 0 Å². The second-order valence-corrected chi connectivity index (χ2v) is 7.44. The molecule has 2 aromatic rings. The number of rotatable bonds is 5. The normalized spacial score (nSPS) is 13.8. The maximum atomic E-state index is 12.5. The molecule has 25 heavy (non-hydrogen) atoms. The molecule has 1 aromatic heterocycles. The molecule has 1 N–H and O–H groups in total. The van der Waals surface area contributed by atoms with Crippen molar-refractivity contribution in [1.82, 2.24) is 10.3 Å². The minimum absolute atomic E-state index is 0.213. The third-order valence-electron chi connectivity index (χ3n) is 4.18. The van der Waals surface area contributed by atoms with E-state index >= 15 is 0 Å². The molecule has 3 rings (SSSR count). The first-order valence-corrected chi connectivity index (χ1v) is 9.55. The van der Waals surface area contributed by atoms with Gasteiger partial charge >= 0.3 is 0 Å².